The molecule has 2 atom stereocenters. The van der Waals surface area contributed by atoms with E-state index in [0.717, 1.165) is 18.8 Å². The van der Waals surface area contributed by atoms with E-state index in [-0.39, 0.29) is 24.0 Å². The van der Waals surface area contributed by atoms with Gasteiger partial charge in [-0.25, -0.2) is 0 Å². The van der Waals surface area contributed by atoms with Crippen molar-refractivity contribution in [1.82, 2.24) is 0 Å². The van der Waals surface area contributed by atoms with Gasteiger partial charge in [0.1, 0.15) is 0 Å². The molecule has 1 aliphatic carbocycles. The monoisotopic (exact) mass is 394 g/mol. The highest BCUT2D eigenvalue weighted by atomic mass is 19.2. The molecule has 0 bridgehead atoms. The summed E-state index contributed by atoms with van der Waals surface area (Å²) in [6.45, 7) is 5.07. The predicted octanol–water partition coefficient (Wildman–Crippen LogP) is 5.92. The fraction of sp³-hybridized carbons (Fsp3) is 0.652. The molecule has 1 heterocycles. The molecule has 5 heteroatoms. The van der Waals surface area contributed by atoms with Crippen molar-refractivity contribution >= 4 is 0 Å². The summed E-state index contributed by atoms with van der Waals surface area (Å²) in [7, 11) is 0. The lowest BCUT2D eigenvalue weighted by molar-refractivity contribution is -0.0643. The molecule has 1 aliphatic heterocycles. The minimum absolute atomic E-state index is 0.0645. The van der Waals surface area contributed by atoms with Crippen molar-refractivity contribution < 1.29 is 23.0 Å². The second-order valence-electron chi connectivity index (χ2n) is 7.95. The largest absolute Gasteiger partial charge is 0.491 e. The Morgan fingerprint density at radius 1 is 1.00 bits per heavy atom. The summed E-state index contributed by atoms with van der Waals surface area (Å²) in [4.78, 5) is 0. The molecule has 0 radical (unpaired) electrons. The highest BCUT2D eigenvalue weighted by Gasteiger charge is 2.31. The van der Waals surface area contributed by atoms with Gasteiger partial charge < -0.3 is 14.2 Å². The van der Waals surface area contributed by atoms with Gasteiger partial charge in [-0.2, -0.15) is 8.78 Å². The lowest BCUT2D eigenvalue weighted by Crippen LogP contribution is -2.35. The van der Waals surface area contributed by atoms with Crippen LogP contribution in [0.1, 0.15) is 52.4 Å². The molecule has 2 unspecified atom stereocenters. The molecule has 2 fully saturated rings. The lowest BCUT2D eigenvalue weighted by atomic mass is 9.77. The number of rotatable bonds is 7. The van der Waals surface area contributed by atoms with Gasteiger partial charge in [0.15, 0.2) is 11.5 Å². The van der Waals surface area contributed by atoms with Gasteiger partial charge in [-0.05, 0) is 76.3 Å². The molecule has 1 saturated heterocycles. The van der Waals surface area contributed by atoms with Gasteiger partial charge in [0.2, 0.25) is 11.6 Å². The number of hydrogen-bond donors (Lipinski definition) is 0. The Balaban J connectivity index is 1.43. The van der Waals surface area contributed by atoms with Crippen LogP contribution in [0.25, 0.3) is 0 Å². The maximum absolute atomic E-state index is 14.1. The van der Waals surface area contributed by atoms with Crippen LogP contribution in [0.4, 0.5) is 8.78 Å². The van der Waals surface area contributed by atoms with Crippen LogP contribution >= 0.6 is 0 Å². The molecule has 3 rings (SSSR count). The zero-order valence-corrected chi connectivity index (χ0v) is 17.0. The number of allylic oxidation sites excluding steroid dienone is 2. The van der Waals surface area contributed by atoms with Crippen LogP contribution in [0.5, 0.6) is 11.5 Å². The van der Waals surface area contributed by atoms with Crippen molar-refractivity contribution in [2.45, 2.75) is 58.5 Å². The van der Waals surface area contributed by atoms with Crippen molar-refractivity contribution in [2.24, 2.45) is 17.8 Å². The molecule has 1 saturated carbocycles. The number of hydrogen-bond acceptors (Lipinski definition) is 3. The van der Waals surface area contributed by atoms with E-state index in [4.69, 9.17) is 14.2 Å². The smallest absolute Gasteiger partial charge is 0.204 e. The molecular formula is C23H32F2O3. The van der Waals surface area contributed by atoms with Crippen molar-refractivity contribution in [3.05, 3.63) is 35.9 Å². The van der Waals surface area contributed by atoms with Crippen molar-refractivity contribution in [1.29, 1.82) is 0 Å². The molecule has 0 N–H and O–H groups in total. The maximum Gasteiger partial charge on any atom is 0.204 e. The van der Waals surface area contributed by atoms with Crippen LogP contribution in [0.2, 0.25) is 0 Å². The Hall–Kier alpha value is -1.62. The van der Waals surface area contributed by atoms with E-state index in [9.17, 15) is 8.78 Å². The summed E-state index contributed by atoms with van der Waals surface area (Å²) in [5, 5.41) is 0. The highest BCUT2D eigenvalue weighted by Crippen LogP contribution is 2.36. The summed E-state index contributed by atoms with van der Waals surface area (Å²) in [6.07, 6.45) is 11.8. The minimum Gasteiger partial charge on any atom is -0.491 e. The van der Waals surface area contributed by atoms with E-state index >= 15 is 0 Å². The summed E-state index contributed by atoms with van der Waals surface area (Å²) < 4.78 is 44.8. The standard InChI is InChI=1S/C23H32F2O3/c1-3-5-16-6-9-18(10-7-16)19-11-8-17(14-27-19)15-28-21-13-12-20(26-4-2)22(24)23(21)25/h3,5,12-13,16-19H,4,6-11,14-15H2,1-2H3. The Labute approximate surface area is 167 Å². The normalized spacial score (nSPS) is 28.4. The van der Waals surface area contributed by atoms with Crippen molar-refractivity contribution in [3.63, 3.8) is 0 Å². The fourth-order valence-corrected chi connectivity index (χ4v) is 4.41. The first-order valence-electron chi connectivity index (χ1n) is 10.6. The van der Waals surface area contributed by atoms with Crippen LogP contribution in [0.3, 0.4) is 0 Å². The SMILES string of the molecule is CC=CC1CCC(C2CCC(COc3ccc(OCC)c(F)c3F)CO2)CC1. The zero-order chi connectivity index (χ0) is 19.9. The first-order valence-corrected chi connectivity index (χ1v) is 10.6. The van der Waals surface area contributed by atoms with Gasteiger partial charge in [-0.3, -0.25) is 0 Å². The fourth-order valence-electron chi connectivity index (χ4n) is 4.41. The van der Waals surface area contributed by atoms with E-state index in [1.165, 1.54) is 37.8 Å². The van der Waals surface area contributed by atoms with Gasteiger partial charge in [0.05, 0.1) is 25.9 Å². The zero-order valence-electron chi connectivity index (χ0n) is 17.0. The lowest BCUT2D eigenvalue weighted by Gasteiger charge is -2.37. The van der Waals surface area contributed by atoms with E-state index in [2.05, 4.69) is 19.1 Å². The maximum atomic E-state index is 14.1. The van der Waals surface area contributed by atoms with Crippen LogP contribution in [-0.2, 0) is 4.74 Å². The van der Waals surface area contributed by atoms with Gasteiger partial charge in [0.25, 0.3) is 0 Å². The summed E-state index contributed by atoms with van der Waals surface area (Å²) in [6, 6.07) is 2.84. The number of ether oxygens (including phenoxy) is 3. The summed E-state index contributed by atoms with van der Waals surface area (Å²) >= 11 is 0. The molecule has 1 aromatic rings. The first kappa shape index (κ1) is 21.1. The van der Waals surface area contributed by atoms with E-state index in [1.54, 1.807) is 6.92 Å². The molecule has 28 heavy (non-hydrogen) atoms. The molecule has 0 amide bonds. The van der Waals surface area contributed by atoms with E-state index < -0.39 is 11.6 Å². The Morgan fingerprint density at radius 2 is 1.68 bits per heavy atom. The molecule has 1 aromatic carbocycles. The third-order valence-corrected chi connectivity index (χ3v) is 6.00. The number of benzene rings is 1. The molecule has 0 aromatic heterocycles. The summed E-state index contributed by atoms with van der Waals surface area (Å²) in [5.41, 5.74) is 0. The van der Waals surface area contributed by atoms with Crippen LogP contribution in [-0.4, -0.2) is 25.9 Å². The third-order valence-electron chi connectivity index (χ3n) is 6.00. The molecule has 0 spiro atoms. The Bertz CT molecular complexity index is 645. The average molecular weight is 395 g/mol. The van der Waals surface area contributed by atoms with Gasteiger partial charge in [-0.1, -0.05) is 12.2 Å². The van der Waals surface area contributed by atoms with Crippen LogP contribution in [0, 0.1) is 29.4 Å². The van der Waals surface area contributed by atoms with E-state index in [1.807, 2.05) is 0 Å². The minimum atomic E-state index is -0.993. The van der Waals surface area contributed by atoms with Gasteiger partial charge >= 0.3 is 0 Å². The quantitative estimate of drug-likeness (QED) is 0.537. The van der Waals surface area contributed by atoms with Gasteiger partial charge in [0, 0.05) is 5.92 Å². The predicted molar refractivity (Wildman–Crippen MR) is 106 cm³/mol. The van der Waals surface area contributed by atoms with Crippen LogP contribution in [0.15, 0.2) is 24.3 Å². The van der Waals surface area contributed by atoms with E-state index in [0.29, 0.717) is 25.2 Å². The molecular weight excluding hydrogens is 362 g/mol. The average Bonchev–Trinajstić information content (AvgIpc) is 2.72. The van der Waals surface area contributed by atoms with Crippen molar-refractivity contribution in [3.8, 4) is 11.5 Å². The Kier molecular flexibility index (Phi) is 7.72. The van der Waals surface area contributed by atoms with Crippen LogP contribution < -0.4 is 9.47 Å². The summed E-state index contributed by atoms with van der Waals surface area (Å²) in [5.74, 6) is -0.530. The van der Waals surface area contributed by atoms with Gasteiger partial charge in [-0.15, -0.1) is 0 Å². The number of halogens is 2. The second-order valence-corrected chi connectivity index (χ2v) is 7.95. The second kappa shape index (κ2) is 10.2. The highest BCUT2D eigenvalue weighted by molar-refractivity contribution is 5.35. The molecule has 156 valence electrons. The first-order chi connectivity index (χ1) is 13.6. The Morgan fingerprint density at radius 3 is 2.25 bits per heavy atom. The molecule has 2 aliphatic rings. The topological polar surface area (TPSA) is 27.7 Å². The van der Waals surface area contributed by atoms with Crippen molar-refractivity contribution in [2.75, 3.05) is 19.8 Å². The third kappa shape index (κ3) is 5.25. The molecule has 3 nitrogen and oxygen atoms in total.